The lowest BCUT2D eigenvalue weighted by Gasteiger charge is -2.16. The van der Waals surface area contributed by atoms with E-state index in [1.165, 1.54) is 21.4 Å². The van der Waals surface area contributed by atoms with E-state index in [1.807, 2.05) is 39.0 Å². The van der Waals surface area contributed by atoms with Gasteiger partial charge >= 0.3 is 5.97 Å². The van der Waals surface area contributed by atoms with E-state index in [2.05, 4.69) is 46.5 Å². The number of carbonyl (C=O) groups is 1. The van der Waals surface area contributed by atoms with Gasteiger partial charge in [-0.25, -0.2) is 14.1 Å². The number of benzene rings is 3. The summed E-state index contributed by atoms with van der Waals surface area (Å²) in [6.07, 6.45) is 5.71. The van der Waals surface area contributed by atoms with Crippen LogP contribution in [0.5, 0.6) is 0 Å². The molecule has 1 aromatic heterocycles. The van der Waals surface area contributed by atoms with Crippen molar-refractivity contribution in [2.45, 2.75) is 53.2 Å². The average molecular weight is 498 g/mol. The fourth-order valence-corrected chi connectivity index (χ4v) is 4.78. The summed E-state index contributed by atoms with van der Waals surface area (Å²) in [5.74, 6) is 0.753. The molecule has 3 aromatic carbocycles. The lowest BCUT2D eigenvalue weighted by atomic mass is 9.95. The van der Waals surface area contributed by atoms with Crippen molar-refractivity contribution in [3.8, 4) is 22.5 Å². The van der Waals surface area contributed by atoms with E-state index in [9.17, 15) is 9.18 Å². The number of hydrogen-bond donors (Lipinski definition) is 0. The molecule has 0 N–H and O–H groups in total. The first kappa shape index (κ1) is 24.9. The fraction of sp³-hybridized carbons (Fsp3) is 0.323. The van der Waals surface area contributed by atoms with Crippen molar-refractivity contribution in [1.29, 1.82) is 0 Å². The molecule has 0 saturated carbocycles. The van der Waals surface area contributed by atoms with Crippen molar-refractivity contribution >= 4 is 5.97 Å². The van der Waals surface area contributed by atoms with Crippen LogP contribution in [0.4, 0.5) is 4.39 Å². The molecule has 4 aromatic rings. The molecule has 0 unspecified atom stereocenters. The van der Waals surface area contributed by atoms with Gasteiger partial charge in [0.2, 0.25) is 0 Å². The zero-order valence-electron chi connectivity index (χ0n) is 21.6. The average Bonchev–Trinajstić information content (AvgIpc) is 3.52. The smallest absolute Gasteiger partial charge is 0.313 e. The lowest BCUT2D eigenvalue weighted by molar-refractivity contribution is -0.157. The van der Waals surface area contributed by atoms with Gasteiger partial charge in [0.1, 0.15) is 12.1 Å². The molecule has 1 aliphatic rings. The minimum absolute atomic E-state index is 0.0358. The van der Waals surface area contributed by atoms with Gasteiger partial charge in [0.15, 0.2) is 12.6 Å². The molecule has 37 heavy (non-hydrogen) atoms. The van der Waals surface area contributed by atoms with Crippen molar-refractivity contribution in [3.63, 3.8) is 0 Å². The van der Waals surface area contributed by atoms with E-state index < -0.39 is 5.41 Å². The number of carbonyl (C=O) groups excluding carboxylic acids is 1. The Morgan fingerprint density at radius 1 is 0.973 bits per heavy atom. The monoisotopic (exact) mass is 497 g/mol. The maximum atomic E-state index is 13.5. The number of halogens is 1. The van der Waals surface area contributed by atoms with E-state index >= 15 is 0 Å². The van der Waals surface area contributed by atoms with Crippen LogP contribution < -0.4 is 0 Å². The van der Waals surface area contributed by atoms with Crippen molar-refractivity contribution < 1.29 is 13.9 Å². The molecular weight excluding hydrogens is 465 g/mol. The summed E-state index contributed by atoms with van der Waals surface area (Å²) in [6.45, 7) is 5.49. The van der Waals surface area contributed by atoms with E-state index in [0.29, 0.717) is 11.7 Å². The van der Waals surface area contributed by atoms with Gasteiger partial charge in [-0.3, -0.25) is 4.79 Å². The highest BCUT2D eigenvalue weighted by Crippen LogP contribution is 2.31. The molecule has 0 radical (unpaired) electrons. The minimum atomic E-state index is -0.559. The second kappa shape index (κ2) is 10.3. The van der Waals surface area contributed by atoms with E-state index in [0.717, 1.165) is 42.4 Å². The Labute approximate surface area is 217 Å². The van der Waals surface area contributed by atoms with Gasteiger partial charge in [0, 0.05) is 5.56 Å². The highest BCUT2D eigenvalue weighted by molar-refractivity contribution is 5.75. The number of fused-ring (bicyclic) bond motifs is 1. The molecule has 190 valence electrons. The maximum Gasteiger partial charge on any atom is 0.313 e. The lowest BCUT2D eigenvalue weighted by Crippen LogP contribution is -2.24. The van der Waals surface area contributed by atoms with Crippen molar-refractivity contribution in [2.24, 2.45) is 11.3 Å². The quantitative estimate of drug-likeness (QED) is 0.268. The van der Waals surface area contributed by atoms with Gasteiger partial charge in [0.25, 0.3) is 0 Å². The summed E-state index contributed by atoms with van der Waals surface area (Å²) in [6, 6.07) is 22.0. The number of nitrogens with zero attached hydrogens (tertiary/aromatic N) is 3. The van der Waals surface area contributed by atoms with Gasteiger partial charge in [-0.2, -0.15) is 0 Å². The van der Waals surface area contributed by atoms with Gasteiger partial charge in [-0.05, 0) is 98.4 Å². The van der Waals surface area contributed by atoms with Crippen LogP contribution in [-0.2, 0) is 35.5 Å². The van der Waals surface area contributed by atoms with E-state index in [1.54, 1.807) is 18.5 Å². The van der Waals surface area contributed by atoms with Gasteiger partial charge in [-0.15, -0.1) is 5.10 Å². The molecule has 0 fully saturated rings. The minimum Gasteiger partial charge on any atom is -0.442 e. The predicted octanol–water partition coefficient (Wildman–Crippen LogP) is 6.65. The number of esters is 1. The second-order valence-electron chi connectivity index (χ2n) is 10.9. The highest BCUT2D eigenvalue weighted by atomic mass is 19.1. The maximum absolute atomic E-state index is 13.5. The number of aryl methyl sites for hydroxylation is 1. The SMILES string of the molecule is CC(C)(C)C(=O)OCn1cnc(-c2cccc(-c3ccc(CC[C@@H]4Cc5ccc(F)cc5C4)cc3)c2)n1. The van der Waals surface area contributed by atoms with Crippen LogP contribution in [0.25, 0.3) is 22.5 Å². The largest absolute Gasteiger partial charge is 0.442 e. The van der Waals surface area contributed by atoms with Gasteiger partial charge < -0.3 is 4.74 Å². The standard InChI is InChI=1S/C31H32FN3O2/c1-31(2,3)30(36)37-20-35-19-33-29(34-35)26-6-4-5-24(17-26)23-11-9-21(10-12-23)7-8-22-15-25-13-14-28(32)18-27(25)16-22/h4-6,9-14,17-19,22H,7-8,15-16,20H2,1-3H3/t22-/m1/s1. The Morgan fingerprint density at radius 2 is 1.73 bits per heavy atom. The molecule has 1 atom stereocenters. The Kier molecular flexibility index (Phi) is 6.92. The molecule has 0 spiro atoms. The third-order valence-electron chi connectivity index (χ3n) is 6.91. The highest BCUT2D eigenvalue weighted by Gasteiger charge is 2.23. The van der Waals surface area contributed by atoms with Gasteiger partial charge in [0.05, 0.1) is 5.41 Å². The molecule has 5 nitrogen and oxygen atoms in total. The third-order valence-corrected chi connectivity index (χ3v) is 6.91. The van der Waals surface area contributed by atoms with Crippen LogP contribution in [0.2, 0.25) is 0 Å². The van der Waals surface area contributed by atoms with Crippen molar-refractivity contribution in [3.05, 3.63) is 95.6 Å². The summed E-state index contributed by atoms with van der Waals surface area (Å²) >= 11 is 0. The van der Waals surface area contributed by atoms with E-state index in [-0.39, 0.29) is 18.5 Å². The summed E-state index contributed by atoms with van der Waals surface area (Å²) < 4.78 is 20.4. The fourth-order valence-electron chi connectivity index (χ4n) is 4.78. The molecule has 5 rings (SSSR count). The second-order valence-corrected chi connectivity index (χ2v) is 10.9. The van der Waals surface area contributed by atoms with Crippen LogP contribution >= 0.6 is 0 Å². The van der Waals surface area contributed by atoms with Crippen LogP contribution in [0.3, 0.4) is 0 Å². The molecular formula is C31H32FN3O2. The van der Waals surface area contributed by atoms with Crippen LogP contribution in [0, 0.1) is 17.2 Å². The van der Waals surface area contributed by atoms with Crippen LogP contribution in [0.1, 0.15) is 43.9 Å². The first-order valence-corrected chi connectivity index (χ1v) is 12.8. The van der Waals surface area contributed by atoms with Crippen LogP contribution in [0.15, 0.2) is 73.1 Å². The molecule has 6 heteroatoms. The first-order chi connectivity index (χ1) is 17.7. The molecule has 1 aliphatic carbocycles. The summed E-state index contributed by atoms with van der Waals surface area (Å²) in [5, 5.41) is 4.47. The zero-order chi connectivity index (χ0) is 26.0. The van der Waals surface area contributed by atoms with Crippen LogP contribution in [-0.4, -0.2) is 20.7 Å². The molecule has 0 saturated heterocycles. The summed E-state index contributed by atoms with van der Waals surface area (Å²) in [7, 11) is 0. The molecule has 1 heterocycles. The Hall–Kier alpha value is -3.80. The molecule has 0 aliphatic heterocycles. The number of ether oxygens (including phenoxy) is 1. The normalized spacial score (nSPS) is 15.0. The summed E-state index contributed by atoms with van der Waals surface area (Å²) in [4.78, 5) is 16.4. The molecule has 0 bridgehead atoms. The van der Waals surface area contributed by atoms with E-state index in [4.69, 9.17) is 4.74 Å². The Balaban J connectivity index is 1.19. The Morgan fingerprint density at radius 3 is 2.51 bits per heavy atom. The molecule has 0 amide bonds. The number of aromatic nitrogens is 3. The summed E-state index contributed by atoms with van der Waals surface area (Å²) in [5.41, 5.74) is 6.35. The van der Waals surface area contributed by atoms with Crippen molar-refractivity contribution in [1.82, 2.24) is 14.8 Å². The van der Waals surface area contributed by atoms with Crippen molar-refractivity contribution in [2.75, 3.05) is 0 Å². The first-order valence-electron chi connectivity index (χ1n) is 12.8. The zero-order valence-corrected chi connectivity index (χ0v) is 21.6. The number of rotatable bonds is 7. The number of hydrogen-bond acceptors (Lipinski definition) is 4. The Bertz CT molecular complexity index is 1400. The third kappa shape index (κ3) is 5.96. The van der Waals surface area contributed by atoms with Gasteiger partial charge in [-0.1, -0.05) is 48.5 Å². The topological polar surface area (TPSA) is 57.0 Å². The predicted molar refractivity (Wildman–Crippen MR) is 142 cm³/mol.